The number of aryl methyl sites for hydroxylation is 1. The molecule has 0 bridgehead atoms. The number of H-pyrrole nitrogens is 1. The van der Waals surface area contributed by atoms with Gasteiger partial charge in [-0.1, -0.05) is 36.4 Å². The Bertz CT molecular complexity index is 1180. The van der Waals surface area contributed by atoms with E-state index in [4.69, 9.17) is 10.1 Å². The lowest BCUT2D eigenvalue weighted by Crippen LogP contribution is -2.34. The van der Waals surface area contributed by atoms with Gasteiger partial charge in [0.25, 0.3) is 5.56 Å². The minimum Gasteiger partial charge on any atom is -0.504 e. The summed E-state index contributed by atoms with van der Waals surface area (Å²) in [6.07, 6.45) is 2.00. The molecule has 1 heterocycles. The molecule has 34 heavy (non-hydrogen) atoms. The number of aliphatic hydroxyl groups is 1. The van der Waals surface area contributed by atoms with Gasteiger partial charge in [-0.05, 0) is 56.4 Å². The number of nitrogens with one attached hydrogen (secondary N) is 3. The molecule has 2 atom stereocenters. The highest BCUT2D eigenvalue weighted by molar-refractivity contribution is 6.00. The van der Waals surface area contributed by atoms with Crippen molar-refractivity contribution < 1.29 is 14.9 Å². The molecule has 0 aliphatic rings. The van der Waals surface area contributed by atoms with Gasteiger partial charge in [0.05, 0.1) is 19.3 Å². The molecule has 1 aromatic heterocycles. The number of aromatic amines is 1. The fourth-order valence-corrected chi connectivity index (χ4v) is 3.86. The number of ether oxygens (including phenoxy) is 1. The van der Waals surface area contributed by atoms with Gasteiger partial charge in [-0.3, -0.25) is 4.79 Å². The topological polar surface area (TPSA) is 131 Å². The molecule has 0 spiro atoms. The van der Waals surface area contributed by atoms with Crippen molar-refractivity contribution in [2.75, 3.05) is 12.4 Å². The van der Waals surface area contributed by atoms with Crippen molar-refractivity contribution in [1.82, 2.24) is 9.97 Å². The summed E-state index contributed by atoms with van der Waals surface area (Å²) in [6, 6.07) is 14.7. The van der Waals surface area contributed by atoms with Crippen LogP contribution in [0.2, 0.25) is 0 Å². The second-order valence-corrected chi connectivity index (χ2v) is 8.41. The Labute approximate surface area is 199 Å². The maximum atomic E-state index is 12.8. The van der Waals surface area contributed by atoms with E-state index in [0.29, 0.717) is 24.4 Å². The van der Waals surface area contributed by atoms with Gasteiger partial charge in [-0.25, -0.2) is 4.98 Å². The molecule has 2 unspecified atom stereocenters. The number of nitrogens with zero attached hydrogens (tertiary/aromatic N) is 1. The Hall–Kier alpha value is -3.65. The van der Waals surface area contributed by atoms with Crippen molar-refractivity contribution in [3.63, 3.8) is 0 Å². The number of aromatic nitrogens is 2. The van der Waals surface area contributed by atoms with Crippen molar-refractivity contribution in [2.24, 2.45) is 0 Å². The third-order valence-corrected chi connectivity index (χ3v) is 5.69. The van der Waals surface area contributed by atoms with Crippen LogP contribution in [0.3, 0.4) is 0 Å². The average Bonchev–Trinajstić information content (AvgIpc) is 2.79. The molecule has 0 saturated heterocycles. The van der Waals surface area contributed by atoms with Crippen molar-refractivity contribution >= 4 is 11.5 Å². The second kappa shape index (κ2) is 11.5. The third kappa shape index (κ3) is 6.45. The molecular formula is C26H32N4O4. The van der Waals surface area contributed by atoms with E-state index in [1.165, 1.54) is 25.7 Å². The van der Waals surface area contributed by atoms with E-state index in [0.717, 1.165) is 18.4 Å². The van der Waals surface area contributed by atoms with Crippen LogP contribution in [-0.2, 0) is 12.8 Å². The van der Waals surface area contributed by atoms with Gasteiger partial charge in [0.1, 0.15) is 17.2 Å². The molecule has 3 aromatic rings. The van der Waals surface area contributed by atoms with Gasteiger partial charge >= 0.3 is 0 Å². The number of rotatable bonds is 11. The van der Waals surface area contributed by atoms with Crippen LogP contribution >= 0.6 is 0 Å². The summed E-state index contributed by atoms with van der Waals surface area (Å²) in [7, 11) is 1.47. The molecule has 0 aliphatic heterocycles. The number of methoxy groups -OCH3 is 1. The van der Waals surface area contributed by atoms with Crippen LogP contribution in [0, 0.1) is 5.41 Å². The monoisotopic (exact) mass is 464 g/mol. The van der Waals surface area contributed by atoms with Crippen LogP contribution in [0.5, 0.6) is 11.5 Å². The zero-order valence-electron chi connectivity index (χ0n) is 19.8. The third-order valence-electron chi connectivity index (χ3n) is 5.69. The van der Waals surface area contributed by atoms with Gasteiger partial charge in [0, 0.05) is 12.1 Å². The fourth-order valence-electron chi connectivity index (χ4n) is 3.86. The average molecular weight is 465 g/mol. The van der Waals surface area contributed by atoms with Crippen LogP contribution in [0.4, 0.5) is 5.82 Å². The van der Waals surface area contributed by atoms with Crippen molar-refractivity contribution in [3.05, 3.63) is 81.4 Å². The number of hydrogen-bond donors (Lipinski definition) is 5. The minimum absolute atomic E-state index is 0.0279. The second-order valence-electron chi connectivity index (χ2n) is 8.41. The molecule has 0 aliphatic carbocycles. The van der Waals surface area contributed by atoms with Gasteiger partial charge < -0.3 is 30.7 Å². The van der Waals surface area contributed by atoms with E-state index in [1.54, 1.807) is 19.1 Å². The summed E-state index contributed by atoms with van der Waals surface area (Å²) in [5, 5.41) is 31.5. The number of anilines is 1. The Morgan fingerprint density at radius 2 is 1.94 bits per heavy atom. The molecule has 0 amide bonds. The van der Waals surface area contributed by atoms with E-state index in [9.17, 15) is 15.0 Å². The summed E-state index contributed by atoms with van der Waals surface area (Å²) in [5.41, 5.74) is 1.84. The van der Waals surface area contributed by atoms with Gasteiger partial charge in [-0.2, -0.15) is 0 Å². The molecule has 0 fully saturated rings. The summed E-state index contributed by atoms with van der Waals surface area (Å²) >= 11 is 0. The van der Waals surface area contributed by atoms with Crippen molar-refractivity contribution in [2.45, 2.75) is 51.7 Å². The van der Waals surface area contributed by atoms with Crippen molar-refractivity contribution in [1.29, 1.82) is 5.41 Å². The summed E-state index contributed by atoms with van der Waals surface area (Å²) in [6.45, 7) is 3.24. The van der Waals surface area contributed by atoms with E-state index in [1.807, 2.05) is 18.2 Å². The lowest BCUT2D eigenvalue weighted by Gasteiger charge is -2.23. The van der Waals surface area contributed by atoms with E-state index in [-0.39, 0.29) is 28.9 Å². The highest BCUT2D eigenvalue weighted by atomic mass is 16.5. The maximum absolute atomic E-state index is 12.8. The molecule has 3 rings (SSSR count). The Kier molecular flexibility index (Phi) is 8.43. The first-order valence-corrected chi connectivity index (χ1v) is 11.3. The van der Waals surface area contributed by atoms with E-state index in [2.05, 4.69) is 27.4 Å². The standard InChI is InChI=1S/C26H32N4O4/c1-16(27)24-25(28-20(17(2)31)11-7-10-18-8-5-4-6-9-18)29-23(30-26(24)33)15-19-12-13-21(32)22(14-19)34-3/h4-6,8-9,12-14,17,20,27,31-32H,7,10-11,15H2,1-3H3,(H2,28,29,30,33). The fraction of sp³-hybridized carbons (Fsp3) is 0.346. The molecule has 2 aromatic carbocycles. The van der Waals surface area contributed by atoms with Crippen LogP contribution in [0.25, 0.3) is 0 Å². The molecule has 8 nitrogen and oxygen atoms in total. The van der Waals surface area contributed by atoms with Crippen LogP contribution < -0.4 is 15.6 Å². The lowest BCUT2D eigenvalue weighted by molar-refractivity contribution is 0.166. The Morgan fingerprint density at radius 3 is 2.59 bits per heavy atom. The van der Waals surface area contributed by atoms with Crippen molar-refractivity contribution in [3.8, 4) is 11.5 Å². The van der Waals surface area contributed by atoms with Gasteiger partial charge in [-0.15, -0.1) is 0 Å². The predicted molar refractivity (Wildman–Crippen MR) is 133 cm³/mol. The molecule has 180 valence electrons. The number of benzene rings is 2. The molecule has 0 radical (unpaired) electrons. The molecular weight excluding hydrogens is 432 g/mol. The molecule has 8 heteroatoms. The lowest BCUT2D eigenvalue weighted by atomic mass is 10.0. The quantitative estimate of drug-likeness (QED) is 0.275. The van der Waals surface area contributed by atoms with Gasteiger partial charge in [0.15, 0.2) is 11.5 Å². The first-order valence-electron chi connectivity index (χ1n) is 11.3. The Morgan fingerprint density at radius 1 is 1.21 bits per heavy atom. The Balaban J connectivity index is 1.83. The summed E-state index contributed by atoms with van der Waals surface area (Å²) in [4.78, 5) is 20.2. The highest BCUT2D eigenvalue weighted by Crippen LogP contribution is 2.27. The SMILES string of the molecule is COc1cc(Cc2nc(NC(CCCc3ccccc3)C(C)O)c(C(C)=N)c(=O)[nH]2)ccc1O. The van der Waals surface area contributed by atoms with Crippen LogP contribution in [0.15, 0.2) is 53.3 Å². The zero-order valence-corrected chi connectivity index (χ0v) is 19.8. The van der Waals surface area contributed by atoms with E-state index < -0.39 is 11.7 Å². The number of aromatic hydroxyl groups is 1. The summed E-state index contributed by atoms with van der Waals surface area (Å²) < 4.78 is 5.16. The normalized spacial score (nSPS) is 12.7. The number of hydrogen-bond acceptors (Lipinski definition) is 7. The maximum Gasteiger partial charge on any atom is 0.262 e. The number of phenols is 1. The summed E-state index contributed by atoms with van der Waals surface area (Å²) in [5.74, 6) is 1.04. The zero-order chi connectivity index (χ0) is 24.7. The van der Waals surface area contributed by atoms with E-state index >= 15 is 0 Å². The smallest absolute Gasteiger partial charge is 0.262 e. The molecule has 0 saturated carbocycles. The number of aliphatic hydroxyl groups excluding tert-OH is 1. The molecule has 5 N–H and O–H groups in total. The highest BCUT2D eigenvalue weighted by Gasteiger charge is 2.20. The predicted octanol–water partition coefficient (Wildman–Crippen LogP) is 3.65. The minimum atomic E-state index is -0.680. The largest absolute Gasteiger partial charge is 0.504 e. The number of phenolic OH excluding ortho intramolecular Hbond substituents is 1. The van der Waals surface area contributed by atoms with Crippen LogP contribution in [0.1, 0.15) is 49.2 Å². The first kappa shape index (κ1) is 25.0. The van der Waals surface area contributed by atoms with Crippen LogP contribution in [-0.4, -0.2) is 45.1 Å². The van der Waals surface area contributed by atoms with Gasteiger partial charge in [0.2, 0.25) is 0 Å². The first-order chi connectivity index (χ1) is 16.3.